The average Bonchev–Trinajstić information content (AvgIpc) is 2.93. The summed E-state index contributed by atoms with van der Waals surface area (Å²) in [6, 6.07) is 17.4. The molecule has 1 aliphatic rings. The van der Waals surface area contributed by atoms with Crippen LogP contribution in [0.15, 0.2) is 65.3 Å². The van der Waals surface area contributed by atoms with Gasteiger partial charge in [0.15, 0.2) is 5.84 Å². The van der Waals surface area contributed by atoms with Crippen LogP contribution in [0.25, 0.3) is 6.08 Å². The molecule has 0 atom stereocenters. The molecule has 0 unspecified atom stereocenters. The van der Waals surface area contributed by atoms with Crippen LogP contribution in [-0.2, 0) is 4.79 Å². The number of amidine groups is 1. The first-order valence-electron chi connectivity index (χ1n) is 8.44. The number of carbonyl (C=O) groups excluding carboxylic acids is 1. The second-order valence-electron chi connectivity index (χ2n) is 5.76. The van der Waals surface area contributed by atoms with Crippen LogP contribution in [0.4, 0.5) is 11.4 Å². The second-order valence-corrected chi connectivity index (χ2v) is 5.76. The number of carbonyl (C=O) groups is 1. The Bertz CT molecular complexity index is 805. The van der Waals surface area contributed by atoms with E-state index in [9.17, 15) is 4.79 Å². The van der Waals surface area contributed by atoms with Gasteiger partial charge in [-0.3, -0.25) is 4.79 Å². The predicted molar refractivity (Wildman–Crippen MR) is 104 cm³/mol. The van der Waals surface area contributed by atoms with E-state index in [0.717, 1.165) is 24.3 Å². The largest absolute Gasteiger partial charge is 0.382 e. The molecule has 0 spiro atoms. The minimum absolute atomic E-state index is 0.212. The minimum Gasteiger partial charge on any atom is -0.382 e. The fourth-order valence-electron chi connectivity index (χ4n) is 2.85. The number of nitrogens with zero attached hydrogens (tertiary/aromatic N) is 3. The Labute approximate surface area is 148 Å². The van der Waals surface area contributed by atoms with Crippen LogP contribution in [0.2, 0.25) is 0 Å². The first-order valence-corrected chi connectivity index (χ1v) is 8.44. The molecule has 25 heavy (non-hydrogen) atoms. The maximum atomic E-state index is 12.6. The highest BCUT2D eigenvalue weighted by atomic mass is 16.2. The normalized spacial score (nSPS) is 15.6. The summed E-state index contributed by atoms with van der Waals surface area (Å²) in [6.07, 6.45) is 1.79. The first kappa shape index (κ1) is 16.8. The monoisotopic (exact) mass is 334 g/mol. The van der Waals surface area contributed by atoms with Crippen molar-refractivity contribution in [2.45, 2.75) is 13.8 Å². The van der Waals surface area contributed by atoms with Crippen molar-refractivity contribution in [2.75, 3.05) is 23.0 Å². The highest BCUT2D eigenvalue weighted by Crippen LogP contribution is 2.24. The van der Waals surface area contributed by atoms with Crippen molar-refractivity contribution in [3.63, 3.8) is 0 Å². The van der Waals surface area contributed by atoms with Crippen LogP contribution < -0.4 is 15.6 Å². The molecule has 0 fully saturated rings. The molecule has 0 saturated heterocycles. The fraction of sp³-hybridized carbons (Fsp3) is 0.200. The van der Waals surface area contributed by atoms with Gasteiger partial charge in [-0.05, 0) is 49.8 Å². The number of para-hydroxylation sites is 1. The molecule has 0 saturated carbocycles. The third-order valence-corrected chi connectivity index (χ3v) is 4.24. The molecule has 1 aliphatic heterocycles. The molecule has 0 radical (unpaired) electrons. The van der Waals surface area contributed by atoms with Crippen LogP contribution in [0.3, 0.4) is 0 Å². The maximum absolute atomic E-state index is 12.6. The quantitative estimate of drug-likeness (QED) is 0.854. The Morgan fingerprint density at radius 2 is 1.68 bits per heavy atom. The third kappa shape index (κ3) is 3.40. The number of rotatable bonds is 5. The van der Waals surface area contributed by atoms with Gasteiger partial charge in [0.2, 0.25) is 0 Å². The van der Waals surface area contributed by atoms with E-state index in [2.05, 4.69) is 36.0 Å². The molecule has 2 aromatic rings. The molecular weight excluding hydrogens is 312 g/mol. The van der Waals surface area contributed by atoms with E-state index >= 15 is 0 Å². The predicted octanol–water partition coefficient (Wildman–Crippen LogP) is 3.24. The van der Waals surface area contributed by atoms with Crippen molar-refractivity contribution in [3.05, 3.63) is 65.7 Å². The fourth-order valence-corrected chi connectivity index (χ4v) is 2.85. The van der Waals surface area contributed by atoms with Crippen molar-refractivity contribution >= 4 is 29.2 Å². The number of hydrogen-bond donors (Lipinski definition) is 1. The van der Waals surface area contributed by atoms with E-state index in [4.69, 9.17) is 5.73 Å². The van der Waals surface area contributed by atoms with Crippen LogP contribution in [0, 0.1) is 0 Å². The summed E-state index contributed by atoms with van der Waals surface area (Å²) in [5.41, 5.74) is 9.19. The number of amides is 1. The van der Waals surface area contributed by atoms with Gasteiger partial charge >= 0.3 is 0 Å². The summed E-state index contributed by atoms with van der Waals surface area (Å²) in [5.74, 6) is 0.0261. The van der Waals surface area contributed by atoms with Gasteiger partial charge in [-0.25, -0.2) is 0 Å². The van der Waals surface area contributed by atoms with Crippen molar-refractivity contribution in [1.29, 1.82) is 0 Å². The van der Waals surface area contributed by atoms with E-state index in [1.807, 2.05) is 42.5 Å². The van der Waals surface area contributed by atoms with E-state index in [1.165, 1.54) is 5.01 Å². The number of benzene rings is 2. The molecule has 1 amide bonds. The second kappa shape index (κ2) is 7.21. The topological polar surface area (TPSA) is 61.9 Å². The number of hydrogen-bond acceptors (Lipinski definition) is 4. The summed E-state index contributed by atoms with van der Waals surface area (Å²) in [6.45, 7) is 6.18. The van der Waals surface area contributed by atoms with Crippen LogP contribution in [-0.4, -0.2) is 24.8 Å². The lowest BCUT2D eigenvalue weighted by Gasteiger charge is -2.20. The molecule has 0 bridgehead atoms. The number of nitrogens with two attached hydrogens (primary N) is 1. The molecular formula is C20H22N4O. The maximum Gasteiger partial charge on any atom is 0.282 e. The highest BCUT2D eigenvalue weighted by Gasteiger charge is 2.29. The zero-order valence-corrected chi connectivity index (χ0v) is 14.5. The molecule has 5 nitrogen and oxygen atoms in total. The van der Waals surface area contributed by atoms with Crippen molar-refractivity contribution in [1.82, 2.24) is 0 Å². The van der Waals surface area contributed by atoms with E-state index in [0.29, 0.717) is 11.3 Å². The molecule has 2 N–H and O–H groups in total. The molecule has 5 heteroatoms. The van der Waals surface area contributed by atoms with Gasteiger partial charge in [-0.2, -0.15) is 5.01 Å². The van der Waals surface area contributed by atoms with E-state index in [-0.39, 0.29) is 11.7 Å². The van der Waals surface area contributed by atoms with Gasteiger partial charge in [0.25, 0.3) is 5.91 Å². The zero-order chi connectivity index (χ0) is 17.8. The van der Waals surface area contributed by atoms with Crippen molar-refractivity contribution < 1.29 is 4.79 Å². The first-order chi connectivity index (χ1) is 12.1. The number of anilines is 2. The van der Waals surface area contributed by atoms with E-state index < -0.39 is 0 Å². The Morgan fingerprint density at radius 1 is 1.04 bits per heavy atom. The number of hydrazone groups is 1. The lowest BCUT2D eigenvalue weighted by Crippen LogP contribution is -2.22. The average molecular weight is 334 g/mol. The van der Waals surface area contributed by atoms with Crippen molar-refractivity contribution in [2.24, 2.45) is 10.8 Å². The van der Waals surface area contributed by atoms with Gasteiger partial charge in [0, 0.05) is 18.8 Å². The summed E-state index contributed by atoms with van der Waals surface area (Å²) in [4.78, 5) is 14.9. The SMILES string of the molecule is CCN(CC)c1ccc(C=C2C(=O)N(c3ccccc3)N=C2N)cc1. The van der Waals surface area contributed by atoms with Crippen molar-refractivity contribution in [3.8, 4) is 0 Å². The smallest absolute Gasteiger partial charge is 0.282 e. The molecule has 0 aromatic heterocycles. The molecule has 128 valence electrons. The zero-order valence-electron chi connectivity index (χ0n) is 14.5. The van der Waals surface area contributed by atoms with Crippen LogP contribution >= 0.6 is 0 Å². The summed E-state index contributed by atoms with van der Waals surface area (Å²) in [5, 5.41) is 5.53. The highest BCUT2D eigenvalue weighted by molar-refractivity contribution is 6.31. The minimum atomic E-state index is -0.212. The molecule has 2 aromatic carbocycles. The lowest BCUT2D eigenvalue weighted by molar-refractivity contribution is -0.114. The Kier molecular flexibility index (Phi) is 4.84. The van der Waals surface area contributed by atoms with Crippen LogP contribution in [0.5, 0.6) is 0 Å². The van der Waals surface area contributed by atoms with Gasteiger partial charge in [0.1, 0.15) is 0 Å². The third-order valence-electron chi connectivity index (χ3n) is 4.24. The Hall–Kier alpha value is -3.08. The summed E-state index contributed by atoms with van der Waals surface area (Å²) in [7, 11) is 0. The Morgan fingerprint density at radius 3 is 2.28 bits per heavy atom. The molecule has 1 heterocycles. The molecule has 3 rings (SSSR count). The van der Waals surface area contributed by atoms with Gasteiger partial charge in [-0.1, -0.05) is 30.3 Å². The van der Waals surface area contributed by atoms with Gasteiger partial charge in [0.05, 0.1) is 11.3 Å². The Balaban J connectivity index is 1.84. The van der Waals surface area contributed by atoms with Crippen LogP contribution in [0.1, 0.15) is 19.4 Å². The summed E-state index contributed by atoms with van der Waals surface area (Å²) >= 11 is 0. The van der Waals surface area contributed by atoms with Gasteiger partial charge in [-0.15, -0.1) is 5.10 Å². The molecule has 0 aliphatic carbocycles. The standard InChI is InChI=1S/C20H22N4O/c1-3-23(4-2)16-12-10-15(11-13-16)14-18-19(21)22-24(20(18)25)17-8-6-5-7-9-17/h5-14H,3-4H2,1-2H3,(H2,21,22). The summed E-state index contributed by atoms with van der Waals surface area (Å²) < 4.78 is 0. The van der Waals surface area contributed by atoms with E-state index in [1.54, 1.807) is 6.08 Å². The lowest BCUT2D eigenvalue weighted by atomic mass is 10.1. The van der Waals surface area contributed by atoms with Gasteiger partial charge < -0.3 is 10.6 Å².